The first-order valence-corrected chi connectivity index (χ1v) is 7.25. The number of ether oxygens (including phenoxy) is 2. The summed E-state index contributed by atoms with van der Waals surface area (Å²) >= 11 is 0. The lowest BCUT2D eigenvalue weighted by atomic mass is 9.80. The number of halogens is 1. The van der Waals surface area contributed by atoms with E-state index in [1.807, 2.05) is 13.0 Å². The summed E-state index contributed by atoms with van der Waals surface area (Å²) in [5.74, 6) is -0.184. The molecule has 0 amide bonds. The van der Waals surface area contributed by atoms with Gasteiger partial charge in [-0.25, -0.2) is 4.39 Å². The maximum absolute atomic E-state index is 13.5. The number of benzene rings is 1. The van der Waals surface area contributed by atoms with Crippen LogP contribution in [0.15, 0.2) is 18.2 Å². The van der Waals surface area contributed by atoms with Crippen LogP contribution in [0.3, 0.4) is 0 Å². The third kappa shape index (κ3) is 2.73. The third-order valence-electron chi connectivity index (χ3n) is 4.45. The van der Waals surface area contributed by atoms with Crippen LogP contribution >= 0.6 is 0 Å². The molecule has 0 aromatic heterocycles. The van der Waals surface area contributed by atoms with E-state index in [1.54, 1.807) is 0 Å². The molecule has 2 saturated heterocycles. The van der Waals surface area contributed by atoms with Crippen LogP contribution in [0.25, 0.3) is 0 Å². The Morgan fingerprint density at radius 2 is 2.20 bits per heavy atom. The van der Waals surface area contributed by atoms with E-state index in [9.17, 15) is 9.50 Å². The molecule has 1 N–H and O–H groups in total. The van der Waals surface area contributed by atoms with Crippen molar-refractivity contribution >= 4 is 0 Å². The fraction of sp³-hybridized carbons (Fsp3) is 0.625. The van der Waals surface area contributed by atoms with Crippen molar-refractivity contribution in [2.45, 2.75) is 37.9 Å². The summed E-state index contributed by atoms with van der Waals surface area (Å²) in [4.78, 5) is 0. The molecule has 0 radical (unpaired) electrons. The molecule has 1 aromatic carbocycles. The van der Waals surface area contributed by atoms with Crippen LogP contribution in [0.1, 0.15) is 36.5 Å². The summed E-state index contributed by atoms with van der Waals surface area (Å²) in [6, 6.07) is 4.78. The summed E-state index contributed by atoms with van der Waals surface area (Å²) in [6.45, 7) is 3.81. The quantitative estimate of drug-likeness (QED) is 0.905. The van der Waals surface area contributed by atoms with E-state index in [1.165, 1.54) is 12.1 Å². The first kappa shape index (κ1) is 14.0. The Balaban J connectivity index is 1.77. The van der Waals surface area contributed by atoms with Crippen molar-refractivity contribution in [1.82, 2.24) is 0 Å². The van der Waals surface area contributed by atoms with Crippen molar-refractivity contribution in [3.63, 3.8) is 0 Å². The molecule has 2 heterocycles. The highest BCUT2D eigenvalue weighted by atomic mass is 19.1. The first-order chi connectivity index (χ1) is 9.58. The number of aliphatic hydroxyl groups is 1. The van der Waals surface area contributed by atoms with Crippen LogP contribution in [-0.2, 0) is 9.47 Å². The van der Waals surface area contributed by atoms with E-state index >= 15 is 0 Å². The predicted octanol–water partition coefficient (Wildman–Crippen LogP) is 2.75. The average Bonchev–Trinajstić information content (AvgIpc) is 2.85. The van der Waals surface area contributed by atoms with Gasteiger partial charge >= 0.3 is 0 Å². The van der Waals surface area contributed by atoms with Gasteiger partial charge in [0.15, 0.2) is 0 Å². The number of rotatable bonds is 2. The van der Waals surface area contributed by atoms with Gasteiger partial charge in [0, 0.05) is 19.6 Å². The van der Waals surface area contributed by atoms with E-state index in [2.05, 4.69) is 0 Å². The standard InChI is InChI=1S/C16H21FO3/c1-11-6-13(8-14(17)7-11)15(18)12-2-4-20-16(9-12)3-5-19-10-16/h6-8,12,15,18H,2-5,9-10H2,1H3. The van der Waals surface area contributed by atoms with Gasteiger partial charge < -0.3 is 14.6 Å². The zero-order valence-electron chi connectivity index (χ0n) is 11.8. The molecule has 2 fully saturated rings. The Bertz CT molecular complexity index is 462. The van der Waals surface area contributed by atoms with Gasteiger partial charge in [-0.15, -0.1) is 0 Å². The minimum atomic E-state index is -0.634. The molecule has 3 atom stereocenters. The van der Waals surface area contributed by atoms with Crippen molar-refractivity contribution in [1.29, 1.82) is 0 Å². The number of hydrogen-bond donors (Lipinski definition) is 1. The number of aliphatic hydroxyl groups excluding tert-OH is 1. The minimum absolute atomic E-state index is 0.103. The highest BCUT2D eigenvalue weighted by Crippen LogP contribution is 2.41. The molecular weight excluding hydrogens is 259 g/mol. The third-order valence-corrected chi connectivity index (χ3v) is 4.45. The smallest absolute Gasteiger partial charge is 0.123 e. The monoisotopic (exact) mass is 280 g/mol. The second-order valence-corrected chi connectivity index (χ2v) is 6.09. The molecule has 3 rings (SSSR count). The number of aryl methyl sites for hydroxylation is 1. The van der Waals surface area contributed by atoms with Gasteiger partial charge in [0.1, 0.15) is 5.82 Å². The van der Waals surface area contributed by atoms with Crippen LogP contribution in [0.2, 0.25) is 0 Å². The summed E-state index contributed by atoms with van der Waals surface area (Å²) < 4.78 is 24.8. The Hall–Kier alpha value is -0.970. The van der Waals surface area contributed by atoms with Crippen molar-refractivity contribution in [2.75, 3.05) is 19.8 Å². The normalized spacial score (nSPS) is 31.6. The molecule has 20 heavy (non-hydrogen) atoms. The van der Waals surface area contributed by atoms with Gasteiger partial charge in [-0.1, -0.05) is 6.07 Å². The van der Waals surface area contributed by atoms with Gasteiger partial charge in [-0.05, 0) is 48.9 Å². The fourth-order valence-electron chi connectivity index (χ4n) is 3.41. The van der Waals surface area contributed by atoms with Crippen molar-refractivity contribution in [3.8, 4) is 0 Å². The molecule has 2 aliphatic rings. The SMILES string of the molecule is Cc1cc(F)cc(C(O)C2CCOC3(CCOC3)C2)c1. The first-order valence-electron chi connectivity index (χ1n) is 7.25. The van der Waals surface area contributed by atoms with Crippen molar-refractivity contribution in [3.05, 3.63) is 35.1 Å². The zero-order valence-corrected chi connectivity index (χ0v) is 11.8. The zero-order chi connectivity index (χ0) is 14.2. The minimum Gasteiger partial charge on any atom is -0.388 e. The van der Waals surface area contributed by atoms with Gasteiger partial charge in [0.25, 0.3) is 0 Å². The topological polar surface area (TPSA) is 38.7 Å². The lowest BCUT2D eigenvalue weighted by molar-refractivity contribution is -0.117. The lowest BCUT2D eigenvalue weighted by Gasteiger charge is -2.39. The van der Waals surface area contributed by atoms with E-state index in [4.69, 9.17) is 9.47 Å². The van der Waals surface area contributed by atoms with Gasteiger partial charge in [0.05, 0.1) is 18.3 Å². The van der Waals surface area contributed by atoms with Crippen LogP contribution in [0.4, 0.5) is 4.39 Å². The molecule has 0 saturated carbocycles. The second kappa shape index (κ2) is 5.43. The van der Waals surface area contributed by atoms with E-state index < -0.39 is 6.10 Å². The number of hydrogen-bond acceptors (Lipinski definition) is 3. The lowest BCUT2D eigenvalue weighted by Crippen LogP contribution is -2.41. The molecule has 110 valence electrons. The molecule has 3 nitrogen and oxygen atoms in total. The highest BCUT2D eigenvalue weighted by Gasteiger charge is 2.43. The Morgan fingerprint density at radius 1 is 1.35 bits per heavy atom. The summed E-state index contributed by atoms with van der Waals surface area (Å²) in [7, 11) is 0. The van der Waals surface area contributed by atoms with Crippen molar-refractivity contribution < 1.29 is 19.0 Å². The summed E-state index contributed by atoms with van der Waals surface area (Å²) in [5.41, 5.74) is 1.28. The van der Waals surface area contributed by atoms with Crippen LogP contribution in [0, 0.1) is 18.7 Å². The molecule has 4 heteroatoms. The highest BCUT2D eigenvalue weighted by molar-refractivity contribution is 5.26. The molecule has 0 aliphatic carbocycles. The second-order valence-electron chi connectivity index (χ2n) is 6.09. The molecule has 0 bridgehead atoms. The van der Waals surface area contributed by atoms with Gasteiger partial charge in [-0.2, -0.15) is 0 Å². The summed E-state index contributed by atoms with van der Waals surface area (Å²) in [5, 5.41) is 10.6. The Morgan fingerprint density at radius 3 is 2.90 bits per heavy atom. The predicted molar refractivity (Wildman–Crippen MR) is 72.9 cm³/mol. The van der Waals surface area contributed by atoms with E-state index in [-0.39, 0.29) is 17.3 Å². The van der Waals surface area contributed by atoms with E-state index in [0.717, 1.165) is 31.4 Å². The molecule has 1 aromatic rings. The average molecular weight is 280 g/mol. The Labute approximate surface area is 118 Å². The largest absolute Gasteiger partial charge is 0.388 e. The van der Waals surface area contributed by atoms with Crippen LogP contribution < -0.4 is 0 Å². The Kier molecular flexibility index (Phi) is 3.80. The van der Waals surface area contributed by atoms with Crippen LogP contribution in [-0.4, -0.2) is 30.5 Å². The van der Waals surface area contributed by atoms with E-state index in [0.29, 0.717) is 18.8 Å². The van der Waals surface area contributed by atoms with Crippen LogP contribution in [0.5, 0.6) is 0 Å². The maximum Gasteiger partial charge on any atom is 0.123 e. The molecular formula is C16H21FO3. The van der Waals surface area contributed by atoms with Crippen molar-refractivity contribution in [2.24, 2.45) is 5.92 Å². The summed E-state index contributed by atoms with van der Waals surface area (Å²) in [6.07, 6.45) is 1.84. The maximum atomic E-state index is 13.5. The van der Waals surface area contributed by atoms with Gasteiger partial charge in [0.2, 0.25) is 0 Å². The molecule has 2 aliphatic heterocycles. The molecule has 1 spiro atoms. The fourth-order valence-corrected chi connectivity index (χ4v) is 3.41. The van der Waals surface area contributed by atoms with Gasteiger partial charge in [-0.3, -0.25) is 0 Å². The molecule has 3 unspecified atom stereocenters.